The Morgan fingerprint density at radius 1 is 1.02 bits per heavy atom. The average Bonchev–Trinajstić information content (AvgIpc) is 3.24. The first-order valence-corrected chi connectivity index (χ1v) is 13.9. The van der Waals surface area contributed by atoms with Crippen molar-refractivity contribution in [1.82, 2.24) is 4.90 Å². The van der Waals surface area contributed by atoms with Gasteiger partial charge in [-0.05, 0) is 54.6 Å². The van der Waals surface area contributed by atoms with E-state index >= 15 is 0 Å². The molecule has 4 rings (SSSR count). The summed E-state index contributed by atoms with van der Waals surface area (Å²) in [6, 6.07) is 13.2. The number of imide groups is 1. The molecule has 0 spiro atoms. The summed E-state index contributed by atoms with van der Waals surface area (Å²) in [6.07, 6.45) is 1.93. The van der Waals surface area contributed by atoms with Gasteiger partial charge in [0.15, 0.2) is 0 Å². The second-order valence-corrected chi connectivity index (χ2v) is 10.4. The number of nitrogens with zero attached hydrogens (tertiary/aromatic N) is 3. The molecule has 0 aliphatic carbocycles. The van der Waals surface area contributed by atoms with Gasteiger partial charge in [0.25, 0.3) is 16.8 Å². The fourth-order valence-electron chi connectivity index (χ4n) is 3.81. The van der Waals surface area contributed by atoms with Gasteiger partial charge in [-0.3, -0.25) is 39.5 Å². The number of benzene rings is 3. The number of para-hydroxylation sites is 1. The molecule has 44 heavy (non-hydrogen) atoms. The number of nitro groups is 2. The molecule has 1 N–H and O–H groups in total. The van der Waals surface area contributed by atoms with Crippen LogP contribution in [-0.2, 0) is 14.3 Å². The van der Waals surface area contributed by atoms with E-state index in [1.165, 1.54) is 36.4 Å². The van der Waals surface area contributed by atoms with E-state index in [-0.39, 0.29) is 44.8 Å². The van der Waals surface area contributed by atoms with Gasteiger partial charge in [-0.15, -0.1) is 0 Å². The number of nitrogens with one attached hydrogen (secondary N) is 1. The Morgan fingerprint density at radius 2 is 1.77 bits per heavy atom. The zero-order chi connectivity index (χ0) is 32.0. The maximum absolute atomic E-state index is 13.1. The van der Waals surface area contributed by atoms with Crippen LogP contribution in [-0.4, -0.2) is 50.9 Å². The predicted molar refractivity (Wildman–Crippen MR) is 160 cm³/mol. The van der Waals surface area contributed by atoms with Crippen LogP contribution in [0.1, 0.15) is 29.3 Å². The van der Waals surface area contributed by atoms with E-state index < -0.39 is 50.8 Å². The van der Waals surface area contributed by atoms with E-state index in [2.05, 4.69) is 5.32 Å². The fourth-order valence-corrected chi connectivity index (χ4v) is 4.84. The monoisotopic (exact) mass is 640 g/mol. The second-order valence-electron chi connectivity index (χ2n) is 8.95. The number of nitro benzene ring substituents is 2. The minimum absolute atomic E-state index is 0.0342. The Kier molecular flexibility index (Phi) is 9.92. The third-order valence-electron chi connectivity index (χ3n) is 5.86. The number of amides is 3. The van der Waals surface area contributed by atoms with Crippen LogP contribution in [0.3, 0.4) is 0 Å². The lowest BCUT2D eigenvalue weighted by Crippen LogP contribution is -2.36. The molecule has 1 aliphatic rings. The van der Waals surface area contributed by atoms with Crippen LogP contribution in [0.5, 0.6) is 11.5 Å². The van der Waals surface area contributed by atoms with Gasteiger partial charge in [-0.25, -0.2) is 4.79 Å². The quantitative estimate of drug-likeness (QED) is 0.109. The summed E-state index contributed by atoms with van der Waals surface area (Å²) in [7, 11) is 0. The van der Waals surface area contributed by atoms with E-state index in [4.69, 9.17) is 21.1 Å². The number of carbonyl (C=O) groups is 4. The molecular weight excluding hydrogens is 620 g/mol. The number of anilines is 1. The molecule has 0 atom stereocenters. The van der Waals surface area contributed by atoms with Crippen LogP contribution in [0.4, 0.5) is 21.9 Å². The number of ether oxygens (including phenoxy) is 2. The van der Waals surface area contributed by atoms with Gasteiger partial charge < -0.3 is 14.8 Å². The zero-order valence-corrected chi connectivity index (χ0v) is 24.3. The zero-order valence-electron chi connectivity index (χ0n) is 22.7. The third kappa shape index (κ3) is 7.37. The molecule has 14 nitrogen and oxygen atoms in total. The van der Waals surface area contributed by atoms with E-state index in [0.29, 0.717) is 18.2 Å². The summed E-state index contributed by atoms with van der Waals surface area (Å²) >= 11 is 6.65. The highest BCUT2D eigenvalue weighted by Crippen LogP contribution is 2.38. The van der Waals surface area contributed by atoms with Gasteiger partial charge in [0.2, 0.25) is 11.7 Å². The highest BCUT2D eigenvalue weighted by Gasteiger charge is 2.36. The van der Waals surface area contributed by atoms with Crippen molar-refractivity contribution >= 4 is 69.5 Å². The van der Waals surface area contributed by atoms with Crippen molar-refractivity contribution < 1.29 is 38.5 Å². The molecular formula is C28H21ClN4O10S. The van der Waals surface area contributed by atoms with Crippen molar-refractivity contribution in [2.75, 3.05) is 18.5 Å². The summed E-state index contributed by atoms with van der Waals surface area (Å²) in [6.45, 7) is 1.38. The van der Waals surface area contributed by atoms with E-state index in [1.54, 1.807) is 12.1 Å². The number of halogens is 1. The van der Waals surface area contributed by atoms with E-state index in [9.17, 15) is 39.4 Å². The van der Waals surface area contributed by atoms with Gasteiger partial charge >= 0.3 is 11.7 Å². The van der Waals surface area contributed by atoms with Gasteiger partial charge in [0.05, 0.1) is 38.0 Å². The van der Waals surface area contributed by atoms with Crippen LogP contribution >= 0.6 is 23.4 Å². The van der Waals surface area contributed by atoms with Crippen molar-refractivity contribution in [3.63, 3.8) is 0 Å². The minimum Gasteiger partial charge on any atom is -0.462 e. The van der Waals surface area contributed by atoms with Crippen molar-refractivity contribution in [3.8, 4) is 11.5 Å². The SMILES string of the molecule is CCCOC(=O)c1cc(NC(=O)CN2C(=O)S/C(=C/c3ccccc3Oc3ccc([N+](=O)[O-])cc3[N+](=O)[O-])C2=O)ccc1Cl. The lowest BCUT2D eigenvalue weighted by Gasteiger charge is -2.13. The Labute approximate surface area is 257 Å². The Hall–Kier alpha value is -5.28. The summed E-state index contributed by atoms with van der Waals surface area (Å²) in [4.78, 5) is 72.3. The topological polar surface area (TPSA) is 188 Å². The van der Waals surface area contributed by atoms with Gasteiger partial charge in [-0.1, -0.05) is 36.7 Å². The van der Waals surface area contributed by atoms with E-state index in [1.807, 2.05) is 6.92 Å². The van der Waals surface area contributed by atoms with Gasteiger partial charge in [0, 0.05) is 17.3 Å². The van der Waals surface area contributed by atoms with Crippen molar-refractivity contribution in [3.05, 3.63) is 102 Å². The molecule has 1 saturated heterocycles. The highest BCUT2D eigenvalue weighted by molar-refractivity contribution is 8.18. The van der Waals surface area contributed by atoms with Crippen LogP contribution < -0.4 is 10.1 Å². The largest absolute Gasteiger partial charge is 0.462 e. The number of rotatable bonds is 11. The Bertz CT molecular complexity index is 1730. The molecule has 3 aromatic rings. The first-order chi connectivity index (χ1) is 21.0. The summed E-state index contributed by atoms with van der Waals surface area (Å²) in [5.41, 5.74) is -0.658. The van der Waals surface area contributed by atoms with Crippen molar-refractivity contribution in [2.45, 2.75) is 13.3 Å². The standard InChI is InChI=1S/C28H21ClN4O10S/c1-2-11-42-27(36)19-13-17(7-9-20(19)29)30-25(34)15-31-26(35)24(44-28(31)37)12-16-5-3-4-6-22(16)43-23-10-8-18(32(38)39)14-21(23)33(40)41/h3-10,12-14H,2,11,15H2,1H3,(H,30,34)/b24-12+. The van der Waals surface area contributed by atoms with Crippen LogP contribution in [0.15, 0.2) is 65.6 Å². The molecule has 0 unspecified atom stereocenters. The summed E-state index contributed by atoms with van der Waals surface area (Å²) < 4.78 is 10.8. The van der Waals surface area contributed by atoms with Gasteiger partial charge in [-0.2, -0.15) is 0 Å². The third-order valence-corrected chi connectivity index (χ3v) is 7.10. The lowest BCUT2D eigenvalue weighted by atomic mass is 10.1. The molecule has 226 valence electrons. The first kappa shape index (κ1) is 31.7. The van der Waals surface area contributed by atoms with Crippen LogP contribution in [0.2, 0.25) is 5.02 Å². The molecule has 0 saturated carbocycles. The van der Waals surface area contributed by atoms with Crippen molar-refractivity contribution in [2.24, 2.45) is 0 Å². The molecule has 16 heteroatoms. The molecule has 0 radical (unpaired) electrons. The molecule has 1 heterocycles. The maximum Gasteiger partial charge on any atom is 0.339 e. The maximum atomic E-state index is 13.1. The molecule has 1 fully saturated rings. The average molecular weight is 641 g/mol. The molecule has 3 amide bonds. The normalized spacial score (nSPS) is 13.6. The van der Waals surface area contributed by atoms with Crippen LogP contribution in [0, 0.1) is 20.2 Å². The molecule has 3 aromatic carbocycles. The van der Waals surface area contributed by atoms with Crippen LogP contribution in [0.25, 0.3) is 6.08 Å². The highest BCUT2D eigenvalue weighted by atomic mass is 35.5. The number of thioether (sulfide) groups is 1. The molecule has 1 aliphatic heterocycles. The first-order valence-electron chi connectivity index (χ1n) is 12.7. The number of hydrogen-bond acceptors (Lipinski definition) is 11. The number of esters is 1. The number of hydrogen-bond donors (Lipinski definition) is 1. The number of carbonyl (C=O) groups excluding carboxylic acids is 4. The van der Waals surface area contributed by atoms with Crippen molar-refractivity contribution in [1.29, 1.82) is 0 Å². The predicted octanol–water partition coefficient (Wildman–Crippen LogP) is 6.19. The molecule has 0 bridgehead atoms. The van der Waals surface area contributed by atoms with Gasteiger partial charge in [0.1, 0.15) is 12.3 Å². The summed E-state index contributed by atoms with van der Waals surface area (Å²) in [5, 5.41) is 24.5. The second kappa shape index (κ2) is 13.8. The smallest absolute Gasteiger partial charge is 0.339 e. The Balaban J connectivity index is 1.50. The van der Waals surface area contributed by atoms with E-state index in [0.717, 1.165) is 23.1 Å². The molecule has 0 aromatic heterocycles. The fraction of sp³-hybridized carbons (Fsp3) is 0.143. The Morgan fingerprint density at radius 3 is 2.48 bits per heavy atom. The number of non-ortho nitro benzene ring substituents is 1. The minimum atomic E-state index is -0.829. The lowest BCUT2D eigenvalue weighted by molar-refractivity contribution is -0.394. The summed E-state index contributed by atoms with van der Waals surface area (Å²) in [5.74, 6) is -2.39.